The van der Waals surface area contributed by atoms with Gasteiger partial charge in [-0.3, -0.25) is 9.69 Å². The molecule has 57 heavy (non-hydrogen) atoms. The second-order valence-electron chi connectivity index (χ2n) is 15.5. The SMILES string of the molecule is Cc1cc(C)c2cccc(OCc3c(Cl)ccc(S(=O)(=O)NC4(C(=O)N5CCN(CCCCCC[N+](C)(C)C)CC5)CCOCC4)c3Cl)c2n1.O=C([O-])C(F)(F)F. The van der Waals surface area contributed by atoms with Crippen LogP contribution in [0.2, 0.25) is 10.0 Å². The number of nitrogens with zero attached hydrogens (tertiary/aromatic N) is 4. The number of hydrogen-bond acceptors (Lipinski definition) is 9. The standard InChI is InChI=1S/C37H52Cl2N5O5S.C2HF3O2/c1-27-25-28(2)40-35-29(27)11-10-12-32(35)49-26-30-31(38)13-14-33(34(30)39)50(46,47)41-37(15-23-48-24-16-37)36(45)43-20-18-42(19-21-43)17-8-6-7-9-22-44(3,4)5;3-2(4,5)1(6)7/h10-14,25,41H,6-9,15-24,26H2,1-5H3;(H,6,7)/q+1;/p-1. The van der Waals surface area contributed by atoms with E-state index in [0.717, 1.165) is 47.2 Å². The number of quaternary nitrogens is 1. The van der Waals surface area contributed by atoms with Crippen LogP contribution in [0.5, 0.6) is 5.75 Å². The lowest BCUT2D eigenvalue weighted by Gasteiger charge is -2.43. The van der Waals surface area contributed by atoms with Gasteiger partial charge in [0.1, 0.15) is 34.3 Å². The molecule has 0 radical (unpaired) electrons. The number of benzene rings is 2. The summed E-state index contributed by atoms with van der Waals surface area (Å²) in [6.07, 6.45) is 0.0571. The number of fused-ring (bicyclic) bond motifs is 1. The second-order valence-corrected chi connectivity index (χ2v) is 17.9. The third-order valence-corrected chi connectivity index (χ3v) is 12.5. The summed E-state index contributed by atoms with van der Waals surface area (Å²) in [6.45, 7) is 9.23. The molecular formula is C39H52Cl2F3N5O7S. The molecule has 0 unspecified atom stereocenters. The first-order chi connectivity index (χ1) is 26.6. The van der Waals surface area contributed by atoms with Gasteiger partial charge in [-0.05, 0) is 82.3 Å². The van der Waals surface area contributed by atoms with Crippen molar-refractivity contribution >= 4 is 56.0 Å². The number of para-hydroxylation sites is 1. The van der Waals surface area contributed by atoms with Gasteiger partial charge < -0.3 is 28.8 Å². The quantitative estimate of drug-likeness (QED) is 0.170. The van der Waals surface area contributed by atoms with Gasteiger partial charge in [0.2, 0.25) is 15.9 Å². The maximum Gasteiger partial charge on any atom is 0.430 e. The number of halogens is 5. The predicted molar refractivity (Wildman–Crippen MR) is 211 cm³/mol. The first-order valence-corrected chi connectivity index (χ1v) is 21.1. The predicted octanol–water partition coefficient (Wildman–Crippen LogP) is 5.27. The molecule has 1 aromatic heterocycles. The molecule has 2 aromatic carbocycles. The van der Waals surface area contributed by atoms with Crippen LogP contribution >= 0.6 is 23.2 Å². The van der Waals surface area contributed by atoms with Crippen LogP contribution in [0.15, 0.2) is 41.3 Å². The maximum atomic E-state index is 14.2. The number of aliphatic carboxylic acids is 1. The molecule has 0 aliphatic carbocycles. The molecule has 1 N–H and O–H groups in total. The number of pyridine rings is 1. The van der Waals surface area contributed by atoms with Crippen molar-refractivity contribution in [2.45, 2.75) is 75.6 Å². The Morgan fingerprint density at radius 2 is 1.63 bits per heavy atom. The van der Waals surface area contributed by atoms with Crippen molar-refractivity contribution in [3.05, 3.63) is 63.3 Å². The molecule has 316 valence electrons. The zero-order chi connectivity index (χ0) is 42.2. The first kappa shape index (κ1) is 46.4. The molecule has 2 fully saturated rings. The Morgan fingerprint density at radius 1 is 1.00 bits per heavy atom. The van der Waals surface area contributed by atoms with E-state index in [1.54, 1.807) is 4.90 Å². The van der Waals surface area contributed by atoms with E-state index in [4.69, 9.17) is 42.6 Å². The zero-order valence-corrected chi connectivity index (χ0v) is 35.3. The lowest BCUT2D eigenvalue weighted by Crippen LogP contribution is -2.64. The number of carboxylic acids is 1. The molecule has 0 atom stereocenters. The van der Waals surface area contributed by atoms with Gasteiger partial charge >= 0.3 is 6.18 Å². The highest BCUT2D eigenvalue weighted by atomic mass is 35.5. The van der Waals surface area contributed by atoms with Crippen molar-refractivity contribution in [3.63, 3.8) is 0 Å². The van der Waals surface area contributed by atoms with Gasteiger partial charge in [-0.1, -0.05) is 41.8 Å². The number of amides is 1. The van der Waals surface area contributed by atoms with E-state index in [1.165, 1.54) is 37.9 Å². The summed E-state index contributed by atoms with van der Waals surface area (Å²) in [5.41, 5.74) is 1.62. The summed E-state index contributed by atoms with van der Waals surface area (Å²) >= 11 is 13.4. The molecule has 12 nitrogen and oxygen atoms in total. The lowest BCUT2D eigenvalue weighted by molar-refractivity contribution is -0.870. The summed E-state index contributed by atoms with van der Waals surface area (Å²) < 4.78 is 75.3. The minimum atomic E-state index is -5.19. The van der Waals surface area contributed by atoms with Crippen molar-refractivity contribution in [1.29, 1.82) is 0 Å². The molecule has 5 rings (SSSR count). The first-order valence-electron chi connectivity index (χ1n) is 18.8. The van der Waals surface area contributed by atoms with Gasteiger partial charge in [0.15, 0.2) is 0 Å². The van der Waals surface area contributed by atoms with Gasteiger partial charge in [-0.15, -0.1) is 0 Å². The number of unbranched alkanes of at least 4 members (excludes halogenated alkanes) is 3. The summed E-state index contributed by atoms with van der Waals surface area (Å²) in [7, 11) is 2.41. The van der Waals surface area contributed by atoms with Crippen LogP contribution in [-0.2, 0) is 31.0 Å². The minimum absolute atomic E-state index is 0.0497. The van der Waals surface area contributed by atoms with E-state index in [-0.39, 0.29) is 53.5 Å². The number of aryl methyl sites for hydroxylation is 2. The highest BCUT2D eigenvalue weighted by molar-refractivity contribution is 7.89. The Balaban J connectivity index is 0.000000940. The fourth-order valence-electron chi connectivity index (χ4n) is 6.88. The smallest absolute Gasteiger partial charge is 0.430 e. The van der Waals surface area contributed by atoms with E-state index >= 15 is 0 Å². The molecule has 18 heteroatoms. The van der Waals surface area contributed by atoms with Gasteiger partial charge in [0, 0.05) is 61.1 Å². The van der Waals surface area contributed by atoms with Crippen molar-refractivity contribution in [2.75, 3.05) is 73.6 Å². The number of hydrogen-bond donors (Lipinski definition) is 1. The molecule has 1 amide bonds. The summed E-state index contributed by atoms with van der Waals surface area (Å²) in [5, 5.41) is 9.97. The van der Waals surface area contributed by atoms with Crippen molar-refractivity contribution < 1.29 is 50.2 Å². The number of carboxylic acid groups (broad SMARTS) is 1. The monoisotopic (exact) mass is 861 g/mol. The molecule has 2 aliphatic heterocycles. The van der Waals surface area contributed by atoms with Gasteiger partial charge in [0.25, 0.3) is 0 Å². The fourth-order valence-corrected chi connectivity index (χ4v) is 9.19. The van der Waals surface area contributed by atoms with Gasteiger partial charge in [0.05, 0.1) is 32.7 Å². The van der Waals surface area contributed by atoms with Crippen LogP contribution in [0.3, 0.4) is 0 Å². The van der Waals surface area contributed by atoms with Crippen LogP contribution < -0.4 is 14.6 Å². The number of alkyl halides is 3. The molecule has 0 spiro atoms. The average molecular weight is 863 g/mol. The number of carbonyl (C=O) groups excluding carboxylic acids is 2. The number of aromatic nitrogens is 1. The lowest BCUT2D eigenvalue weighted by atomic mass is 9.89. The number of nitrogens with one attached hydrogen (secondary N) is 1. The van der Waals surface area contributed by atoms with E-state index in [0.29, 0.717) is 29.9 Å². The maximum absolute atomic E-state index is 14.2. The summed E-state index contributed by atoms with van der Waals surface area (Å²) in [5.74, 6) is -2.69. The van der Waals surface area contributed by atoms with Crippen LogP contribution in [-0.4, -0.2) is 125 Å². The molecule has 0 bridgehead atoms. The Hall–Kier alpha value is -3.25. The van der Waals surface area contributed by atoms with Crippen LogP contribution in [0.25, 0.3) is 10.9 Å². The van der Waals surface area contributed by atoms with Crippen LogP contribution in [0.1, 0.15) is 55.3 Å². The zero-order valence-electron chi connectivity index (χ0n) is 33.0. The van der Waals surface area contributed by atoms with E-state index in [9.17, 15) is 26.4 Å². The highest BCUT2D eigenvalue weighted by Gasteiger charge is 2.46. The highest BCUT2D eigenvalue weighted by Crippen LogP contribution is 2.35. The van der Waals surface area contributed by atoms with E-state index in [1.807, 2.05) is 38.1 Å². The Kier molecular flexibility index (Phi) is 16.0. The van der Waals surface area contributed by atoms with Crippen molar-refractivity contribution in [1.82, 2.24) is 19.5 Å². The second kappa shape index (κ2) is 19.7. The summed E-state index contributed by atoms with van der Waals surface area (Å²) in [4.78, 5) is 31.7. The third kappa shape index (κ3) is 12.9. The number of rotatable bonds is 14. The fraction of sp³-hybridized carbons (Fsp3) is 0.564. The van der Waals surface area contributed by atoms with Gasteiger partial charge in [-0.2, -0.15) is 17.9 Å². The largest absolute Gasteiger partial charge is 0.542 e. The van der Waals surface area contributed by atoms with Crippen LogP contribution in [0, 0.1) is 13.8 Å². The number of carbonyl (C=O) groups is 2. The van der Waals surface area contributed by atoms with Crippen molar-refractivity contribution in [2.24, 2.45) is 0 Å². The Bertz CT molecular complexity index is 1980. The molecular weight excluding hydrogens is 810 g/mol. The number of sulfonamides is 1. The Labute approximate surface area is 342 Å². The molecule has 0 saturated carbocycles. The third-order valence-electron chi connectivity index (χ3n) is 9.98. The number of ether oxygens (including phenoxy) is 2. The van der Waals surface area contributed by atoms with Crippen LogP contribution in [0.4, 0.5) is 13.2 Å². The average Bonchev–Trinajstić information content (AvgIpc) is 3.12. The van der Waals surface area contributed by atoms with E-state index < -0.39 is 27.7 Å². The Morgan fingerprint density at radius 3 is 2.25 bits per heavy atom. The molecule has 2 saturated heterocycles. The van der Waals surface area contributed by atoms with Gasteiger partial charge in [-0.25, -0.2) is 13.4 Å². The number of piperazine rings is 1. The topological polar surface area (TPSA) is 141 Å². The van der Waals surface area contributed by atoms with Crippen molar-refractivity contribution in [3.8, 4) is 5.75 Å². The summed E-state index contributed by atoms with van der Waals surface area (Å²) in [6, 6.07) is 10.6. The molecule has 3 aromatic rings. The van der Waals surface area contributed by atoms with E-state index in [2.05, 4.69) is 35.7 Å². The normalized spacial score (nSPS) is 16.6. The minimum Gasteiger partial charge on any atom is -0.542 e. The molecule has 3 heterocycles. The molecule has 2 aliphatic rings.